The molecule has 1 aromatic rings. The number of hydrogen-bond acceptors (Lipinski definition) is 2. The van der Waals surface area contributed by atoms with Gasteiger partial charge in [0.1, 0.15) is 6.23 Å². The van der Waals surface area contributed by atoms with E-state index in [1.807, 2.05) is 0 Å². The molecule has 1 aliphatic heterocycles. The van der Waals surface area contributed by atoms with E-state index in [1.54, 1.807) is 16.7 Å². The van der Waals surface area contributed by atoms with E-state index in [2.05, 4.69) is 30.0 Å². The summed E-state index contributed by atoms with van der Waals surface area (Å²) in [6.45, 7) is 4.49. The quantitative estimate of drug-likeness (QED) is 0.889. The summed E-state index contributed by atoms with van der Waals surface area (Å²) in [6.07, 6.45) is 9.47. The number of aliphatic hydroxyl groups is 1. The number of hydrogen-bond donors (Lipinski definition) is 1. The first kappa shape index (κ1) is 15.1. The van der Waals surface area contributed by atoms with Gasteiger partial charge in [0.15, 0.2) is 0 Å². The van der Waals surface area contributed by atoms with Crippen molar-refractivity contribution in [2.45, 2.75) is 70.4 Å². The molecule has 1 saturated heterocycles. The van der Waals surface area contributed by atoms with Crippen LogP contribution >= 0.6 is 0 Å². The minimum atomic E-state index is -0.227. The summed E-state index contributed by atoms with van der Waals surface area (Å²) in [5.41, 5.74) is 4.73. The lowest BCUT2D eigenvalue weighted by Crippen LogP contribution is -2.32. The number of benzene rings is 1. The number of fused-ring (bicyclic) bond motifs is 1. The normalized spacial score (nSPS) is 22.0. The fourth-order valence-corrected chi connectivity index (χ4v) is 4.05. The van der Waals surface area contributed by atoms with Crippen LogP contribution in [-0.4, -0.2) is 29.3 Å². The molecular formula is C19H29NO. The van der Waals surface area contributed by atoms with Crippen LogP contribution in [0.2, 0.25) is 0 Å². The molecule has 2 unspecified atom stereocenters. The molecule has 2 heteroatoms. The highest BCUT2D eigenvalue weighted by atomic mass is 16.3. The predicted octanol–water partition coefficient (Wildman–Crippen LogP) is 3.86. The van der Waals surface area contributed by atoms with Crippen LogP contribution < -0.4 is 0 Å². The van der Waals surface area contributed by atoms with Gasteiger partial charge in [-0.3, -0.25) is 4.90 Å². The maximum absolute atomic E-state index is 10.3. The van der Waals surface area contributed by atoms with E-state index >= 15 is 0 Å². The van der Waals surface area contributed by atoms with Gasteiger partial charge in [0.25, 0.3) is 0 Å². The van der Waals surface area contributed by atoms with Gasteiger partial charge in [0.05, 0.1) is 0 Å². The number of aryl methyl sites for hydroxylation is 1. The summed E-state index contributed by atoms with van der Waals surface area (Å²) in [5, 5.41) is 10.3. The molecule has 2 atom stereocenters. The van der Waals surface area contributed by atoms with Gasteiger partial charge in [0, 0.05) is 13.1 Å². The highest BCUT2D eigenvalue weighted by Gasteiger charge is 2.21. The second-order valence-corrected chi connectivity index (χ2v) is 6.89. The van der Waals surface area contributed by atoms with E-state index in [0.717, 1.165) is 25.9 Å². The molecule has 2 nitrogen and oxygen atoms in total. The third kappa shape index (κ3) is 3.49. The van der Waals surface area contributed by atoms with Crippen LogP contribution in [-0.2, 0) is 12.8 Å². The first-order valence-corrected chi connectivity index (χ1v) is 8.78. The number of nitrogens with zero attached hydrogens (tertiary/aromatic N) is 1. The van der Waals surface area contributed by atoms with Gasteiger partial charge in [0.2, 0.25) is 0 Å². The molecule has 0 aromatic heterocycles. The number of rotatable bonds is 5. The summed E-state index contributed by atoms with van der Waals surface area (Å²) in [5.74, 6) is 0.565. The highest BCUT2D eigenvalue weighted by molar-refractivity contribution is 5.38. The minimum absolute atomic E-state index is 0.227. The Kier molecular flexibility index (Phi) is 4.97. The second-order valence-electron chi connectivity index (χ2n) is 6.89. The molecule has 0 radical (unpaired) electrons. The Morgan fingerprint density at radius 1 is 1.05 bits per heavy atom. The SMILES string of the molecule is CC(CCC(O)N1CCCC1)c1cccc2c1CCCC2. The topological polar surface area (TPSA) is 23.5 Å². The summed E-state index contributed by atoms with van der Waals surface area (Å²) in [7, 11) is 0. The molecule has 3 rings (SSSR count). The van der Waals surface area contributed by atoms with Crippen LogP contribution in [0.1, 0.15) is 68.1 Å². The second kappa shape index (κ2) is 6.93. The Hall–Kier alpha value is -0.860. The summed E-state index contributed by atoms with van der Waals surface area (Å²) < 4.78 is 0. The first-order chi connectivity index (χ1) is 10.3. The van der Waals surface area contributed by atoms with Gasteiger partial charge >= 0.3 is 0 Å². The van der Waals surface area contributed by atoms with Crippen LogP contribution in [0.25, 0.3) is 0 Å². The van der Waals surface area contributed by atoms with Gasteiger partial charge < -0.3 is 5.11 Å². The molecule has 2 aliphatic rings. The molecule has 1 N–H and O–H groups in total. The molecule has 1 fully saturated rings. The molecular weight excluding hydrogens is 258 g/mol. The van der Waals surface area contributed by atoms with Gasteiger partial charge in [-0.1, -0.05) is 25.1 Å². The van der Waals surface area contributed by atoms with Crippen LogP contribution in [0.4, 0.5) is 0 Å². The van der Waals surface area contributed by atoms with Crippen LogP contribution in [0, 0.1) is 0 Å². The van der Waals surface area contributed by atoms with Crippen molar-refractivity contribution in [2.75, 3.05) is 13.1 Å². The minimum Gasteiger partial charge on any atom is -0.378 e. The standard InChI is InChI=1S/C19H29NO/c1-15(11-12-19(21)20-13-4-5-14-20)17-10-6-8-16-7-2-3-9-18(16)17/h6,8,10,15,19,21H,2-5,7,9,11-14H2,1H3. The van der Waals surface area contributed by atoms with Crippen LogP contribution in [0.15, 0.2) is 18.2 Å². The van der Waals surface area contributed by atoms with Crippen molar-refractivity contribution >= 4 is 0 Å². The predicted molar refractivity (Wildman–Crippen MR) is 87.5 cm³/mol. The fraction of sp³-hybridized carbons (Fsp3) is 0.684. The van der Waals surface area contributed by atoms with Crippen LogP contribution in [0.3, 0.4) is 0 Å². The van der Waals surface area contributed by atoms with E-state index in [9.17, 15) is 5.11 Å². The molecule has 1 heterocycles. The van der Waals surface area contributed by atoms with E-state index in [0.29, 0.717) is 5.92 Å². The Morgan fingerprint density at radius 3 is 2.62 bits per heavy atom. The molecule has 0 amide bonds. The van der Waals surface area contributed by atoms with Gasteiger partial charge in [-0.15, -0.1) is 0 Å². The lowest BCUT2D eigenvalue weighted by Gasteiger charge is -2.26. The smallest absolute Gasteiger partial charge is 0.107 e. The largest absolute Gasteiger partial charge is 0.378 e. The average Bonchev–Trinajstić information content (AvgIpc) is 3.06. The Morgan fingerprint density at radius 2 is 1.81 bits per heavy atom. The zero-order valence-electron chi connectivity index (χ0n) is 13.4. The Balaban J connectivity index is 1.61. The summed E-state index contributed by atoms with van der Waals surface area (Å²) in [6, 6.07) is 6.85. The molecule has 0 saturated carbocycles. The van der Waals surface area contributed by atoms with E-state index < -0.39 is 0 Å². The molecule has 0 bridgehead atoms. The third-order valence-electron chi connectivity index (χ3n) is 5.38. The lowest BCUT2D eigenvalue weighted by molar-refractivity contribution is 0.0115. The van der Waals surface area contributed by atoms with Crippen molar-refractivity contribution in [3.05, 3.63) is 34.9 Å². The van der Waals surface area contributed by atoms with Gasteiger partial charge in [-0.05, 0) is 74.0 Å². The molecule has 1 aromatic carbocycles. The van der Waals surface area contributed by atoms with Crippen molar-refractivity contribution in [2.24, 2.45) is 0 Å². The van der Waals surface area contributed by atoms with Crippen molar-refractivity contribution in [1.82, 2.24) is 4.90 Å². The Labute approximate surface area is 129 Å². The first-order valence-electron chi connectivity index (χ1n) is 8.78. The van der Waals surface area contributed by atoms with Crippen molar-refractivity contribution in [3.63, 3.8) is 0 Å². The summed E-state index contributed by atoms with van der Waals surface area (Å²) in [4.78, 5) is 2.24. The van der Waals surface area contributed by atoms with Crippen molar-refractivity contribution in [1.29, 1.82) is 0 Å². The molecule has 0 spiro atoms. The van der Waals surface area contributed by atoms with Crippen molar-refractivity contribution < 1.29 is 5.11 Å². The van der Waals surface area contributed by atoms with Crippen LogP contribution in [0.5, 0.6) is 0 Å². The van der Waals surface area contributed by atoms with E-state index in [4.69, 9.17) is 0 Å². The van der Waals surface area contributed by atoms with Crippen molar-refractivity contribution in [3.8, 4) is 0 Å². The van der Waals surface area contributed by atoms with Gasteiger partial charge in [-0.25, -0.2) is 0 Å². The summed E-state index contributed by atoms with van der Waals surface area (Å²) >= 11 is 0. The molecule has 116 valence electrons. The highest BCUT2D eigenvalue weighted by Crippen LogP contribution is 2.31. The zero-order valence-corrected chi connectivity index (χ0v) is 13.4. The van der Waals surface area contributed by atoms with E-state index in [1.165, 1.54) is 38.5 Å². The lowest BCUT2D eigenvalue weighted by atomic mass is 9.83. The molecule has 21 heavy (non-hydrogen) atoms. The van der Waals surface area contributed by atoms with E-state index in [-0.39, 0.29) is 6.23 Å². The molecule has 1 aliphatic carbocycles. The maximum atomic E-state index is 10.3. The number of likely N-dealkylation sites (tertiary alicyclic amines) is 1. The number of aliphatic hydroxyl groups excluding tert-OH is 1. The zero-order chi connectivity index (χ0) is 14.7. The fourth-order valence-electron chi connectivity index (χ4n) is 4.05. The third-order valence-corrected chi connectivity index (χ3v) is 5.38. The maximum Gasteiger partial charge on any atom is 0.107 e. The Bertz CT molecular complexity index is 465. The monoisotopic (exact) mass is 287 g/mol. The van der Waals surface area contributed by atoms with Gasteiger partial charge in [-0.2, -0.15) is 0 Å². The average molecular weight is 287 g/mol.